The number of benzene rings is 1. The van der Waals surface area contributed by atoms with Gasteiger partial charge in [0.05, 0.1) is 12.6 Å². The first kappa shape index (κ1) is 22.3. The Morgan fingerprint density at radius 2 is 2.03 bits per heavy atom. The Bertz CT molecular complexity index is 892. The third-order valence-electron chi connectivity index (χ3n) is 5.62. The smallest absolute Gasteiger partial charge is 0.242 e. The number of rotatable bonds is 8. The summed E-state index contributed by atoms with van der Waals surface area (Å²) in [5, 5.41) is 2.09. The number of amides is 2. The first-order valence-electron chi connectivity index (χ1n) is 10.8. The maximum atomic E-state index is 13.2. The second kappa shape index (κ2) is 10.1. The molecule has 1 aliphatic rings. The molecule has 0 spiro atoms. The van der Waals surface area contributed by atoms with E-state index >= 15 is 0 Å². The molecule has 2 aromatic rings. The number of aryl methyl sites for hydroxylation is 2. The maximum absolute atomic E-state index is 13.2. The normalized spacial score (nSPS) is 15.6. The van der Waals surface area contributed by atoms with Gasteiger partial charge in [0.25, 0.3) is 0 Å². The van der Waals surface area contributed by atoms with Crippen LogP contribution >= 0.6 is 11.3 Å². The molecule has 0 radical (unpaired) electrons. The fraction of sp³-hybridized carbons (Fsp3) is 0.500. The van der Waals surface area contributed by atoms with Crippen molar-refractivity contribution in [1.29, 1.82) is 0 Å². The number of carbonyl (C=O) groups is 2. The molecule has 0 N–H and O–H groups in total. The van der Waals surface area contributed by atoms with E-state index in [-0.39, 0.29) is 24.4 Å². The summed E-state index contributed by atoms with van der Waals surface area (Å²) in [5.74, 6) is 0.877. The topological polar surface area (TPSA) is 49.9 Å². The number of hydrogen-bond donors (Lipinski definition) is 0. The fourth-order valence-electron chi connectivity index (χ4n) is 4.04. The fourth-order valence-corrected chi connectivity index (χ4v) is 4.97. The van der Waals surface area contributed by atoms with Crippen molar-refractivity contribution in [2.24, 2.45) is 0 Å². The average Bonchev–Trinajstić information content (AvgIpc) is 3.21. The predicted octanol–water partition coefficient (Wildman–Crippen LogP) is 4.52. The van der Waals surface area contributed by atoms with Gasteiger partial charge in [-0.05, 0) is 55.3 Å². The van der Waals surface area contributed by atoms with Crippen LogP contribution in [-0.2, 0) is 16.0 Å². The van der Waals surface area contributed by atoms with Crippen LogP contribution in [0.3, 0.4) is 0 Å². The SMILES string of the molecule is CCCN(CC(=O)N1CCc2sccc2[C@H]1COc1ccc(C)cc1C)C(=O)CC. The minimum atomic E-state index is -0.131. The summed E-state index contributed by atoms with van der Waals surface area (Å²) in [6, 6.07) is 8.12. The quantitative estimate of drug-likeness (QED) is 0.621. The molecule has 6 heteroatoms. The van der Waals surface area contributed by atoms with Gasteiger partial charge in [-0.25, -0.2) is 0 Å². The first-order valence-corrected chi connectivity index (χ1v) is 11.7. The highest BCUT2D eigenvalue weighted by atomic mass is 32.1. The molecular weight excluding hydrogens is 396 g/mol. The Balaban J connectivity index is 1.78. The van der Waals surface area contributed by atoms with Crippen molar-refractivity contribution in [3.63, 3.8) is 0 Å². The van der Waals surface area contributed by atoms with E-state index in [1.54, 1.807) is 16.2 Å². The number of fused-ring (bicyclic) bond motifs is 1. The van der Waals surface area contributed by atoms with Gasteiger partial charge in [0.15, 0.2) is 0 Å². The van der Waals surface area contributed by atoms with E-state index in [1.165, 1.54) is 16.0 Å². The molecule has 0 aliphatic carbocycles. The summed E-state index contributed by atoms with van der Waals surface area (Å²) in [7, 11) is 0. The van der Waals surface area contributed by atoms with Crippen molar-refractivity contribution < 1.29 is 14.3 Å². The minimum Gasteiger partial charge on any atom is -0.491 e. The van der Waals surface area contributed by atoms with Crippen LogP contribution in [0, 0.1) is 13.8 Å². The van der Waals surface area contributed by atoms with Crippen LogP contribution < -0.4 is 4.74 Å². The van der Waals surface area contributed by atoms with Crippen LogP contribution in [0.25, 0.3) is 0 Å². The van der Waals surface area contributed by atoms with E-state index in [1.807, 2.05) is 37.8 Å². The van der Waals surface area contributed by atoms with E-state index in [0.29, 0.717) is 26.1 Å². The second-order valence-corrected chi connectivity index (χ2v) is 8.90. The lowest BCUT2D eigenvalue weighted by molar-refractivity contribution is -0.142. The number of nitrogens with zero attached hydrogens (tertiary/aromatic N) is 2. The second-order valence-electron chi connectivity index (χ2n) is 7.90. The monoisotopic (exact) mass is 428 g/mol. The van der Waals surface area contributed by atoms with Crippen molar-refractivity contribution in [3.8, 4) is 5.75 Å². The molecule has 1 aromatic heterocycles. The maximum Gasteiger partial charge on any atom is 0.242 e. The summed E-state index contributed by atoms with van der Waals surface area (Å²) in [4.78, 5) is 30.4. The van der Waals surface area contributed by atoms with Gasteiger partial charge in [-0.3, -0.25) is 9.59 Å². The van der Waals surface area contributed by atoms with Gasteiger partial charge in [0, 0.05) is 24.4 Å². The zero-order chi connectivity index (χ0) is 21.7. The molecule has 0 saturated heterocycles. The highest BCUT2D eigenvalue weighted by molar-refractivity contribution is 7.10. The van der Waals surface area contributed by atoms with E-state index in [2.05, 4.69) is 24.4 Å². The minimum absolute atomic E-state index is 0.00340. The van der Waals surface area contributed by atoms with E-state index in [9.17, 15) is 9.59 Å². The highest BCUT2D eigenvalue weighted by Crippen LogP contribution is 2.34. The molecule has 1 atom stereocenters. The molecule has 5 nitrogen and oxygen atoms in total. The van der Waals surface area contributed by atoms with Crippen molar-refractivity contribution in [2.45, 2.75) is 53.0 Å². The summed E-state index contributed by atoms with van der Waals surface area (Å²) >= 11 is 1.74. The van der Waals surface area contributed by atoms with Crippen LogP contribution in [0.15, 0.2) is 29.6 Å². The van der Waals surface area contributed by atoms with Crippen LogP contribution in [0.4, 0.5) is 0 Å². The zero-order valence-electron chi connectivity index (χ0n) is 18.4. The van der Waals surface area contributed by atoms with Crippen molar-refractivity contribution in [3.05, 3.63) is 51.2 Å². The average molecular weight is 429 g/mol. The molecule has 1 aliphatic heterocycles. The molecule has 162 valence electrons. The van der Waals surface area contributed by atoms with Crippen LogP contribution in [0.5, 0.6) is 5.75 Å². The summed E-state index contributed by atoms with van der Waals surface area (Å²) < 4.78 is 6.19. The molecule has 0 unspecified atom stereocenters. The molecule has 0 bridgehead atoms. The Morgan fingerprint density at radius 1 is 1.23 bits per heavy atom. The van der Waals surface area contributed by atoms with Gasteiger partial charge in [0.2, 0.25) is 11.8 Å². The first-order chi connectivity index (χ1) is 14.4. The molecule has 0 fully saturated rings. The van der Waals surface area contributed by atoms with Crippen LogP contribution in [0.1, 0.15) is 54.3 Å². The number of carbonyl (C=O) groups excluding carboxylic acids is 2. The third kappa shape index (κ3) is 5.04. The molecule has 2 amide bonds. The van der Waals surface area contributed by atoms with Crippen molar-refractivity contribution in [2.75, 3.05) is 26.2 Å². The summed E-state index contributed by atoms with van der Waals surface area (Å²) in [6.07, 6.45) is 2.11. The lowest BCUT2D eigenvalue weighted by atomic mass is 10.00. The molecule has 30 heavy (non-hydrogen) atoms. The highest BCUT2D eigenvalue weighted by Gasteiger charge is 2.33. The lowest BCUT2D eigenvalue weighted by Crippen LogP contribution is -2.47. The number of thiophene rings is 1. The standard InChI is InChI=1S/C24H32N2O3S/c1-5-11-25(23(27)6-2)15-24(28)26-12-9-22-19(10-13-30-22)20(26)16-29-21-8-7-17(3)14-18(21)4/h7-8,10,13-14,20H,5-6,9,11-12,15-16H2,1-4H3/t20-/m1/s1. The Labute approximate surface area is 183 Å². The molecule has 3 rings (SSSR count). The Kier molecular flexibility index (Phi) is 7.53. The van der Waals surface area contributed by atoms with Gasteiger partial charge in [-0.1, -0.05) is 31.5 Å². The van der Waals surface area contributed by atoms with E-state index < -0.39 is 0 Å². The summed E-state index contributed by atoms with van der Waals surface area (Å²) in [5.41, 5.74) is 3.47. The molecular formula is C24H32N2O3S. The number of ether oxygens (including phenoxy) is 1. The van der Waals surface area contributed by atoms with Crippen molar-refractivity contribution >= 4 is 23.2 Å². The van der Waals surface area contributed by atoms with E-state index in [0.717, 1.165) is 24.2 Å². The molecule has 0 saturated carbocycles. The summed E-state index contributed by atoms with van der Waals surface area (Å²) in [6.45, 7) is 9.80. The van der Waals surface area contributed by atoms with E-state index in [4.69, 9.17) is 4.74 Å². The Hall–Kier alpha value is -2.34. The number of hydrogen-bond acceptors (Lipinski definition) is 4. The predicted molar refractivity (Wildman–Crippen MR) is 121 cm³/mol. The lowest BCUT2D eigenvalue weighted by Gasteiger charge is -2.37. The Morgan fingerprint density at radius 3 is 2.73 bits per heavy atom. The van der Waals surface area contributed by atoms with Gasteiger partial charge in [0.1, 0.15) is 12.4 Å². The molecule has 2 heterocycles. The van der Waals surface area contributed by atoms with Crippen LogP contribution in [-0.4, -0.2) is 47.9 Å². The van der Waals surface area contributed by atoms with Gasteiger partial charge in [-0.2, -0.15) is 0 Å². The van der Waals surface area contributed by atoms with Gasteiger partial charge < -0.3 is 14.5 Å². The third-order valence-corrected chi connectivity index (χ3v) is 6.61. The van der Waals surface area contributed by atoms with Gasteiger partial charge >= 0.3 is 0 Å². The van der Waals surface area contributed by atoms with Crippen LogP contribution in [0.2, 0.25) is 0 Å². The molecule has 1 aromatic carbocycles. The van der Waals surface area contributed by atoms with Gasteiger partial charge in [-0.15, -0.1) is 11.3 Å². The van der Waals surface area contributed by atoms with Crippen molar-refractivity contribution in [1.82, 2.24) is 9.80 Å². The zero-order valence-corrected chi connectivity index (χ0v) is 19.3. The largest absolute Gasteiger partial charge is 0.491 e.